The quantitative estimate of drug-likeness (QED) is 0.367. The predicted octanol–water partition coefficient (Wildman–Crippen LogP) is 2.17. The highest BCUT2D eigenvalue weighted by Crippen LogP contribution is 2.23. The fraction of sp³-hybridized carbons (Fsp3) is 0.500. The summed E-state index contributed by atoms with van der Waals surface area (Å²) in [6, 6.07) is 0. The molecule has 0 amide bonds. The van der Waals surface area contributed by atoms with E-state index in [1.807, 2.05) is 6.92 Å². The van der Waals surface area contributed by atoms with E-state index in [2.05, 4.69) is 13.2 Å². The van der Waals surface area contributed by atoms with Crippen molar-refractivity contribution in [1.82, 2.24) is 0 Å². The molecule has 6 nitrogen and oxygen atoms in total. The Morgan fingerprint density at radius 2 is 1.78 bits per heavy atom. The summed E-state index contributed by atoms with van der Waals surface area (Å²) in [5, 5.41) is 8.47. The number of hydrogen-bond donors (Lipinski definition) is 1. The third kappa shape index (κ3) is 5.93. The number of carboxylic acid groups (broad SMARTS) is 1. The zero-order valence-corrected chi connectivity index (χ0v) is 10.4. The van der Waals surface area contributed by atoms with Crippen LogP contribution in [0.25, 0.3) is 0 Å². The number of carboxylic acids is 1. The molecule has 0 saturated heterocycles. The Morgan fingerprint density at radius 3 is 2.17 bits per heavy atom. The highest BCUT2D eigenvalue weighted by atomic mass is 16.9. The molecule has 0 aromatic rings. The van der Waals surface area contributed by atoms with Gasteiger partial charge in [0.2, 0.25) is 0 Å². The number of rotatable bonds is 10. The molecule has 0 unspecified atom stereocenters. The Balaban J connectivity index is 4.62. The van der Waals surface area contributed by atoms with Crippen molar-refractivity contribution in [2.24, 2.45) is 0 Å². The average Bonchev–Trinajstić information content (AvgIpc) is 2.27. The van der Waals surface area contributed by atoms with Gasteiger partial charge >= 0.3 is 17.9 Å². The monoisotopic (exact) mass is 258 g/mol. The van der Waals surface area contributed by atoms with E-state index in [4.69, 9.17) is 19.3 Å². The second kappa shape index (κ2) is 8.16. The Hall–Kier alpha value is -1.98. The third-order valence-corrected chi connectivity index (χ3v) is 1.89. The summed E-state index contributed by atoms with van der Waals surface area (Å²) >= 11 is 0. The van der Waals surface area contributed by atoms with Crippen LogP contribution >= 0.6 is 0 Å². The zero-order valence-electron chi connectivity index (χ0n) is 10.4. The summed E-state index contributed by atoms with van der Waals surface area (Å²) in [5.41, 5.74) is 0. The van der Waals surface area contributed by atoms with Gasteiger partial charge < -0.3 is 19.3 Å². The lowest BCUT2D eigenvalue weighted by molar-refractivity contribution is -0.325. The Labute approximate surface area is 106 Å². The summed E-state index contributed by atoms with van der Waals surface area (Å²) in [6.07, 6.45) is 2.48. The fourth-order valence-corrected chi connectivity index (χ4v) is 1.24. The largest absolute Gasteiger partial charge is 0.481 e. The molecule has 0 heterocycles. The van der Waals surface area contributed by atoms with Gasteiger partial charge in [-0.3, -0.25) is 9.59 Å². The van der Waals surface area contributed by atoms with Crippen molar-refractivity contribution in [1.29, 1.82) is 0 Å². The van der Waals surface area contributed by atoms with Crippen molar-refractivity contribution in [2.75, 3.05) is 0 Å². The molecule has 18 heavy (non-hydrogen) atoms. The van der Waals surface area contributed by atoms with E-state index >= 15 is 0 Å². The number of ether oxygens (including phenoxy) is 3. The predicted molar refractivity (Wildman–Crippen MR) is 63.2 cm³/mol. The normalized spacial score (nSPS) is 10.3. The molecule has 0 spiro atoms. The van der Waals surface area contributed by atoms with Gasteiger partial charge in [-0.05, 0) is 6.42 Å². The van der Waals surface area contributed by atoms with Crippen LogP contribution < -0.4 is 0 Å². The summed E-state index contributed by atoms with van der Waals surface area (Å²) in [5.74, 6) is -3.43. The van der Waals surface area contributed by atoms with Gasteiger partial charge in [-0.2, -0.15) is 0 Å². The first-order valence-electron chi connectivity index (χ1n) is 5.50. The Bertz CT molecular complexity index is 300. The SMILES string of the molecule is C=COC(CCC)(OC=C)OC(=O)CCC(=O)O. The van der Waals surface area contributed by atoms with Crippen LogP contribution in [0.2, 0.25) is 0 Å². The molecule has 0 aliphatic carbocycles. The molecule has 102 valence electrons. The first-order chi connectivity index (χ1) is 8.49. The van der Waals surface area contributed by atoms with Crippen LogP contribution in [0.1, 0.15) is 32.6 Å². The van der Waals surface area contributed by atoms with Crippen LogP contribution in [0.5, 0.6) is 0 Å². The van der Waals surface area contributed by atoms with Crippen LogP contribution in [-0.2, 0) is 23.8 Å². The lowest BCUT2D eigenvalue weighted by Gasteiger charge is -2.30. The van der Waals surface area contributed by atoms with Crippen LogP contribution in [0, 0.1) is 0 Å². The summed E-state index contributed by atoms with van der Waals surface area (Å²) < 4.78 is 15.2. The summed E-state index contributed by atoms with van der Waals surface area (Å²) in [4.78, 5) is 21.8. The first kappa shape index (κ1) is 16.0. The van der Waals surface area contributed by atoms with E-state index < -0.39 is 17.9 Å². The summed E-state index contributed by atoms with van der Waals surface area (Å²) in [7, 11) is 0. The molecule has 1 N–H and O–H groups in total. The molecule has 0 aromatic carbocycles. The van der Waals surface area contributed by atoms with E-state index in [0.717, 1.165) is 12.5 Å². The molecule has 0 rings (SSSR count). The maximum Gasteiger partial charge on any atom is 0.418 e. The fourth-order valence-electron chi connectivity index (χ4n) is 1.24. The molecule has 0 aromatic heterocycles. The topological polar surface area (TPSA) is 82.1 Å². The molecule has 0 radical (unpaired) electrons. The second-order valence-electron chi connectivity index (χ2n) is 3.37. The minimum atomic E-state index is -1.62. The first-order valence-corrected chi connectivity index (χ1v) is 5.50. The van der Waals surface area contributed by atoms with Gasteiger partial charge in [-0.1, -0.05) is 20.1 Å². The molecule has 0 aliphatic heterocycles. The standard InChI is InChI=1S/C12H18O6/c1-4-9-12(16-5-2,17-6-3)18-11(15)8-7-10(13)14/h5-6H,2-4,7-9H2,1H3,(H,13,14). The van der Waals surface area contributed by atoms with Gasteiger partial charge in [0.15, 0.2) is 0 Å². The van der Waals surface area contributed by atoms with Gasteiger partial charge in [0.05, 0.1) is 31.8 Å². The van der Waals surface area contributed by atoms with Crippen molar-refractivity contribution in [2.45, 2.75) is 38.6 Å². The van der Waals surface area contributed by atoms with Crippen molar-refractivity contribution in [3.63, 3.8) is 0 Å². The number of carbonyl (C=O) groups is 2. The van der Waals surface area contributed by atoms with Crippen molar-refractivity contribution < 1.29 is 28.9 Å². The van der Waals surface area contributed by atoms with Gasteiger partial charge in [-0.25, -0.2) is 0 Å². The number of carbonyl (C=O) groups excluding carboxylic acids is 1. The van der Waals surface area contributed by atoms with Crippen LogP contribution in [0.3, 0.4) is 0 Å². The number of aliphatic carboxylic acids is 1. The second-order valence-corrected chi connectivity index (χ2v) is 3.37. The minimum absolute atomic E-state index is 0.262. The van der Waals surface area contributed by atoms with Gasteiger partial charge in [0.25, 0.3) is 0 Å². The van der Waals surface area contributed by atoms with E-state index in [0.29, 0.717) is 6.42 Å². The van der Waals surface area contributed by atoms with Crippen molar-refractivity contribution in [3.05, 3.63) is 25.7 Å². The maximum absolute atomic E-state index is 11.5. The molecule has 0 saturated carbocycles. The van der Waals surface area contributed by atoms with Gasteiger partial charge in [0, 0.05) is 0 Å². The highest BCUT2D eigenvalue weighted by molar-refractivity contribution is 5.76. The maximum atomic E-state index is 11.5. The summed E-state index contributed by atoms with van der Waals surface area (Å²) in [6.45, 7) is 8.59. The average molecular weight is 258 g/mol. The lowest BCUT2D eigenvalue weighted by Crippen LogP contribution is -2.38. The molecule has 0 aliphatic rings. The molecule has 6 heteroatoms. The molecule has 0 fully saturated rings. The Morgan fingerprint density at radius 1 is 1.22 bits per heavy atom. The van der Waals surface area contributed by atoms with E-state index in [1.165, 1.54) is 0 Å². The Kier molecular flexibility index (Phi) is 7.26. The zero-order chi connectivity index (χ0) is 14.0. The number of esters is 1. The van der Waals surface area contributed by atoms with Crippen molar-refractivity contribution >= 4 is 11.9 Å². The van der Waals surface area contributed by atoms with Crippen molar-refractivity contribution in [3.8, 4) is 0 Å². The van der Waals surface area contributed by atoms with E-state index in [9.17, 15) is 9.59 Å². The molecule has 0 bridgehead atoms. The van der Waals surface area contributed by atoms with E-state index in [-0.39, 0.29) is 19.3 Å². The highest BCUT2D eigenvalue weighted by Gasteiger charge is 2.36. The van der Waals surface area contributed by atoms with Gasteiger partial charge in [0.1, 0.15) is 0 Å². The third-order valence-electron chi connectivity index (χ3n) is 1.89. The minimum Gasteiger partial charge on any atom is -0.481 e. The van der Waals surface area contributed by atoms with E-state index in [1.54, 1.807) is 0 Å². The van der Waals surface area contributed by atoms with Crippen LogP contribution in [0.15, 0.2) is 25.7 Å². The van der Waals surface area contributed by atoms with Crippen LogP contribution in [-0.4, -0.2) is 23.0 Å². The molecular formula is C12H18O6. The van der Waals surface area contributed by atoms with Gasteiger partial charge in [-0.15, -0.1) is 0 Å². The molecular weight excluding hydrogens is 240 g/mol. The van der Waals surface area contributed by atoms with Crippen LogP contribution in [0.4, 0.5) is 0 Å². The molecule has 0 atom stereocenters. The smallest absolute Gasteiger partial charge is 0.418 e. The number of hydrogen-bond acceptors (Lipinski definition) is 5. The lowest BCUT2D eigenvalue weighted by atomic mass is 10.3.